The maximum absolute atomic E-state index is 12.8. The fraction of sp³-hybridized carbons (Fsp3) is 0.385. The molecule has 5 rings (SSSR count). The first-order chi connectivity index (χ1) is 18.1. The summed E-state index contributed by atoms with van der Waals surface area (Å²) in [6, 6.07) is 9.28. The van der Waals surface area contributed by atoms with Crippen molar-refractivity contribution in [2.75, 3.05) is 39.5 Å². The second-order valence-electron chi connectivity index (χ2n) is 9.79. The van der Waals surface area contributed by atoms with Crippen molar-refractivity contribution in [3.8, 4) is 11.3 Å². The van der Waals surface area contributed by atoms with E-state index in [2.05, 4.69) is 15.1 Å². The van der Waals surface area contributed by atoms with Gasteiger partial charge in [-0.05, 0) is 18.2 Å². The van der Waals surface area contributed by atoms with E-state index < -0.39 is 10.0 Å². The van der Waals surface area contributed by atoms with Crippen molar-refractivity contribution >= 4 is 33.7 Å². The number of imidazole rings is 1. The molecule has 2 aliphatic heterocycles. The van der Waals surface area contributed by atoms with E-state index in [1.54, 1.807) is 13.1 Å². The van der Waals surface area contributed by atoms with Gasteiger partial charge in [-0.15, -0.1) is 0 Å². The van der Waals surface area contributed by atoms with Gasteiger partial charge in [-0.2, -0.15) is 10.2 Å². The number of rotatable bonds is 6. The number of piperazine rings is 1. The summed E-state index contributed by atoms with van der Waals surface area (Å²) < 4.78 is 28.1. The van der Waals surface area contributed by atoms with Crippen molar-refractivity contribution in [2.45, 2.75) is 19.9 Å². The lowest BCUT2D eigenvalue weighted by molar-refractivity contribution is 0.0626. The number of carbonyl (C=O) groups is 1. The van der Waals surface area contributed by atoms with Gasteiger partial charge in [-0.25, -0.2) is 13.4 Å². The van der Waals surface area contributed by atoms with Crippen LogP contribution in [0.2, 0.25) is 5.02 Å². The molecule has 1 atom stereocenters. The molecule has 1 unspecified atom stereocenters. The minimum absolute atomic E-state index is 0.00669. The smallest absolute Gasteiger partial charge is 0.255 e. The molecule has 4 heterocycles. The number of sulfonamides is 1. The van der Waals surface area contributed by atoms with Gasteiger partial charge in [0.1, 0.15) is 5.82 Å². The number of allylic oxidation sites excluding steroid dienone is 1. The molecule has 2 aliphatic rings. The molecule has 1 fully saturated rings. The van der Waals surface area contributed by atoms with Crippen molar-refractivity contribution < 1.29 is 13.2 Å². The Kier molecular flexibility index (Phi) is 7.26. The van der Waals surface area contributed by atoms with Gasteiger partial charge in [0.05, 0.1) is 35.6 Å². The van der Waals surface area contributed by atoms with Gasteiger partial charge >= 0.3 is 0 Å². The second kappa shape index (κ2) is 10.5. The fourth-order valence-electron chi connectivity index (χ4n) is 4.95. The quantitative estimate of drug-likeness (QED) is 0.460. The Labute approximate surface area is 227 Å². The normalized spacial score (nSPS) is 18.2. The Morgan fingerprint density at radius 2 is 1.82 bits per heavy atom. The van der Waals surface area contributed by atoms with Crippen LogP contribution in [-0.2, 0) is 23.0 Å². The van der Waals surface area contributed by atoms with Crippen LogP contribution in [0.25, 0.3) is 17.5 Å². The van der Waals surface area contributed by atoms with E-state index in [9.17, 15) is 13.2 Å². The Hall–Kier alpha value is -3.28. The topological polar surface area (TPSA) is 105 Å². The molecule has 1 amide bonds. The molecule has 3 aromatic rings. The highest BCUT2D eigenvalue weighted by Gasteiger charge is 2.30. The van der Waals surface area contributed by atoms with Crippen LogP contribution in [0, 0.1) is 5.92 Å². The third-order valence-corrected chi connectivity index (χ3v) is 8.64. The van der Waals surface area contributed by atoms with Crippen LogP contribution in [0.3, 0.4) is 0 Å². The van der Waals surface area contributed by atoms with E-state index in [-0.39, 0.29) is 11.8 Å². The van der Waals surface area contributed by atoms with Crippen LogP contribution >= 0.6 is 11.6 Å². The van der Waals surface area contributed by atoms with E-state index in [0.29, 0.717) is 49.7 Å². The lowest BCUT2D eigenvalue weighted by Gasteiger charge is -2.35. The van der Waals surface area contributed by atoms with Crippen molar-refractivity contribution in [1.29, 1.82) is 0 Å². The Balaban J connectivity index is 1.44. The predicted molar refractivity (Wildman–Crippen MR) is 146 cm³/mol. The summed E-state index contributed by atoms with van der Waals surface area (Å²) >= 11 is 6.15. The van der Waals surface area contributed by atoms with E-state index in [1.807, 2.05) is 46.9 Å². The predicted octanol–water partition coefficient (Wildman–Crippen LogP) is 2.83. The first-order valence-corrected chi connectivity index (χ1v) is 14.6. The monoisotopic (exact) mass is 555 g/mol. The number of fused-ring (bicyclic) bond motifs is 1. The largest absolute Gasteiger partial charge is 0.336 e. The highest BCUT2D eigenvalue weighted by atomic mass is 35.5. The zero-order valence-electron chi connectivity index (χ0n) is 21.6. The maximum atomic E-state index is 12.8. The molecule has 200 valence electrons. The molecule has 1 saturated heterocycles. The Bertz CT molecular complexity index is 1460. The second-order valence-corrected chi connectivity index (χ2v) is 12.2. The van der Waals surface area contributed by atoms with Crippen molar-refractivity contribution in [3.05, 3.63) is 70.5 Å². The van der Waals surface area contributed by atoms with Crippen molar-refractivity contribution in [1.82, 2.24) is 33.9 Å². The zero-order valence-corrected chi connectivity index (χ0v) is 23.2. The third-order valence-electron chi connectivity index (χ3n) is 7.18. The van der Waals surface area contributed by atoms with Crippen LogP contribution in [0.15, 0.2) is 48.4 Å². The van der Waals surface area contributed by atoms with Gasteiger partial charge in [-0.1, -0.05) is 30.7 Å². The minimum Gasteiger partial charge on any atom is -0.336 e. The number of nitrogens with zero attached hydrogens (tertiary/aromatic N) is 7. The van der Waals surface area contributed by atoms with Crippen LogP contribution < -0.4 is 0 Å². The van der Waals surface area contributed by atoms with Crippen molar-refractivity contribution in [3.63, 3.8) is 0 Å². The van der Waals surface area contributed by atoms with E-state index in [4.69, 9.17) is 16.6 Å². The van der Waals surface area contributed by atoms with Crippen molar-refractivity contribution in [2.24, 2.45) is 5.92 Å². The summed E-state index contributed by atoms with van der Waals surface area (Å²) in [5.74, 6) is 0.836. The highest BCUT2D eigenvalue weighted by molar-refractivity contribution is 7.88. The van der Waals surface area contributed by atoms with Crippen LogP contribution in [0.1, 0.15) is 28.8 Å². The summed E-state index contributed by atoms with van der Waals surface area (Å²) in [4.78, 5) is 22.0. The zero-order chi connectivity index (χ0) is 27.0. The number of amides is 1. The average molecular weight is 556 g/mol. The van der Waals surface area contributed by atoms with E-state index in [0.717, 1.165) is 28.5 Å². The molecule has 2 aromatic heterocycles. The molecular formula is C26H30ClN7O3S. The SMILES string of the molecule is CC1Cc2nc(-c3ccc(Cl)cc3)c(CN3CCN(C(=O)c4ccnnc4)CC3)n2C=C1N(C)S(C)(=O)=O. The number of aromatic nitrogens is 4. The van der Waals surface area contributed by atoms with Gasteiger partial charge in [-0.3, -0.25) is 14.0 Å². The molecular weight excluding hydrogens is 526 g/mol. The van der Waals surface area contributed by atoms with Gasteiger partial charge in [0.2, 0.25) is 10.0 Å². The Morgan fingerprint density at radius 3 is 2.45 bits per heavy atom. The highest BCUT2D eigenvalue weighted by Crippen LogP contribution is 2.34. The van der Waals surface area contributed by atoms with Gasteiger partial charge in [0.25, 0.3) is 5.91 Å². The summed E-state index contributed by atoms with van der Waals surface area (Å²) in [6.45, 7) is 5.19. The van der Waals surface area contributed by atoms with E-state index >= 15 is 0 Å². The number of carbonyl (C=O) groups excluding carboxylic acids is 1. The first kappa shape index (κ1) is 26.3. The Morgan fingerprint density at radius 1 is 1.11 bits per heavy atom. The van der Waals surface area contributed by atoms with Crippen LogP contribution in [0.4, 0.5) is 0 Å². The number of halogens is 1. The van der Waals surface area contributed by atoms with E-state index in [1.165, 1.54) is 23.0 Å². The molecule has 0 spiro atoms. The van der Waals surface area contributed by atoms with Gasteiger partial charge in [0.15, 0.2) is 0 Å². The van der Waals surface area contributed by atoms with Crippen LogP contribution in [-0.4, -0.2) is 87.7 Å². The molecule has 12 heteroatoms. The lowest BCUT2D eigenvalue weighted by Crippen LogP contribution is -2.48. The minimum atomic E-state index is -3.40. The van der Waals surface area contributed by atoms with Gasteiger partial charge < -0.3 is 9.47 Å². The number of hydrogen-bond acceptors (Lipinski definition) is 7. The number of hydrogen-bond donors (Lipinski definition) is 0. The fourth-order valence-corrected chi connectivity index (χ4v) is 5.68. The molecule has 0 aliphatic carbocycles. The summed E-state index contributed by atoms with van der Waals surface area (Å²) in [6.07, 6.45) is 6.75. The summed E-state index contributed by atoms with van der Waals surface area (Å²) in [5.41, 5.74) is 4.04. The standard InChI is InChI=1S/C26H30ClN7O3S/c1-18-14-24-30-25(19-4-6-21(27)7-5-19)23(34(24)17-22(18)31(2)38(3,36)37)16-32-10-12-33(13-11-32)26(35)20-8-9-28-29-15-20/h4-9,15,17-18H,10-14,16H2,1-3H3. The first-order valence-electron chi connectivity index (χ1n) is 12.4. The molecule has 10 nitrogen and oxygen atoms in total. The molecule has 38 heavy (non-hydrogen) atoms. The average Bonchev–Trinajstić information content (AvgIpc) is 3.25. The maximum Gasteiger partial charge on any atom is 0.255 e. The lowest BCUT2D eigenvalue weighted by atomic mass is 10.0. The molecule has 0 radical (unpaired) electrons. The number of benzene rings is 1. The van der Waals surface area contributed by atoms with Gasteiger partial charge in [0, 0.05) is 74.6 Å². The summed E-state index contributed by atoms with van der Waals surface area (Å²) in [5, 5.41) is 8.21. The summed E-state index contributed by atoms with van der Waals surface area (Å²) in [7, 11) is -1.81. The molecule has 0 saturated carbocycles. The third kappa shape index (κ3) is 5.31. The van der Waals surface area contributed by atoms with Crippen LogP contribution in [0.5, 0.6) is 0 Å². The molecule has 0 bridgehead atoms. The molecule has 0 N–H and O–H groups in total. The molecule has 1 aromatic carbocycles.